The molecule has 6 rings (SSSR count). The van der Waals surface area contributed by atoms with E-state index in [0.717, 1.165) is 51.4 Å². The van der Waals surface area contributed by atoms with Crippen molar-refractivity contribution in [2.24, 2.45) is 17.8 Å². The molecule has 0 heterocycles. The Balaban J connectivity index is 0.000000231. The van der Waals surface area contributed by atoms with E-state index in [2.05, 4.69) is 102 Å². The minimum absolute atomic E-state index is 0.0146. The van der Waals surface area contributed by atoms with E-state index in [1.54, 1.807) is 0 Å². The van der Waals surface area contributed by atoms with Crippen LogP contribution in [-0.2, 0) is 30.6 Å². The second-order valence-corrected chi connectivity index (χ2v) is 17.4. The van der Waals surface area contributed by atoms with Gasteiger partial charge in [-0.15, -0.1) is 0 Å². The standard InChI is InChI=1S/C21H32F4N2O5S.C18H15S/c22-20(23,21(24,25)33(30,31)32)17-12-13(18(28)26-14-7-3-1-4-8-14)11-16(17)19(29)27-15-9-5-2-6-10-15;1-4-10-16(11-5-1)19(17-12-6-2-7-13-17)18-14-8-3-9-15-18/h13-17H,1-12H2,(H,26,28)(H,27,29)(H,30,31,32);1-15H/q;+1/p-1/t13-,16+,17?;/m1./s1. The predicted molar refractivity (Wildman–Crippen MR) is 191 cm³/mol. The normalized spacial score (nSPS) is 21.9. The van der Waals surface area contributed by atoms with Gasteiger partial charge in [-0.1, -0.05) is 93.1 Å². The maximum absolute atomic E-state index is 14.8. The Morgan fingerprint density at radius 2 is 1.00 bits per heavy atom. The molecule has 3 atom stereocenters. The number of hydrogen-bond donors (Lipinski definition) is 2. The van der Waals surface area contributed by atoms with E-state index in [9.17, 15) is 40.1 Å². The highest BCUT2D eigenvalue weighted by atomic mass is 32.2. The fourth-order valence-electron chi connectivity index (χ4n) is 7.52. The van der Waals surface area contributed by atoms with Crippen LogP contribution in [0.5, 0.6) is 0 Å². The Bertz CT molecular complexity index is 1610. The van der Waals surface area contributed by atoms with Crippen LogP contribution in [0.25, 0.3) is 0 Å². The van der Waals surface area contributed by atoms with Crippen LogP contribution >= 0.6 is 0 Å². The van der Waals surface area contributed by atoms with E-state index in [1.807, 2.05) is 0 Å². The summed E-state index contributed by atoms with van der Waals surface area (Å²) in [6, 6.07) is 31.7. The maximum atomic E-state index is 14.8. The highest BCUT2D eigenvalue weighted by Gasteiger charge is 2.69. The van der Waals surface area contributed by atoms with Crippen molar-refractivity contribution < 1.29 is 40.1 Å². The third-order valence-corrected chi connectivity index (χ3v) is 13.4. The number of amides is 2. The van der Waals surface area contributed by atoms with E-state index in [-0.39, 0.29) is 23.0 Å². The lowest BCUT2D eigenvalue weighted by Gasteiger charge is -2.35. The summed E-state index contributed by atoms with van der Waals surface area (Å²) >= 11 is 0. The molecule has 2 N–H and O–H groups in total. The molecule has 3 aromatic carbocycles. The lowest BCUT2D eigenvalue weighted by molar-refractivity contribution is -0.201. The smallest absolute Gasteiger partial charge is 0.396 e. The molecule has 0 aliphatic heterocycles. The minimum Gasteiger partial charge on any atom is -0.743 e. The summed E-state index contributed by atoms with van der Waals surface area (Å²) in [5, 5.41) is -0.523. The van der Waals surface area contributed by atoms with Gasteiger partial charge in [-0.25, -0.2) is 8.42 Å². The molecule has 0 bridgehead atoms. The largest absolute Gasteiger partial charge is 0.743 e. The summed E-state index contributed by atoms with van der Waals surface area (Å²) in [4.78, 5) is 29.7. The topological polar surface area (TPSA) is 115 Å². The first kappa shape index (κ1) is 39.8. The lowest BCUT2D eigenvalue weighted by Crippen LogP contribution is -2.54. The van der Waals surface area contributed by atoms with Crippen LogP contribution in [0.2, 0.25) is 0 Å². The van der Waals surface area contributed by atoms with Crippen LogP contribution in [0.15, 0.2) is 106 Å². The first-order chi connectivity index (χ1) is 24.8. The van der Waals surface area contributed by atoms with Crippen LogP contribution in [0.1, 0.15) is 77.0 Å². The van der Waals surface area contributed by atoms with Gasteiger partial charge in [-0.2, -0.15) is 17.6 Å². The van der Waals surface area contributed by atoms with Crippen molar-refractivity contribution >= 4 is 32.8 Å². The van der Waals surface area contributed by atoms with Gasteiger partial charge in [0.25, 0.3) is 0 Å². The van der Waals surface area contributed by atoms with Gasteiger partial charge in [-0.3, -0.25) is 9.59 Å². The van der Waals surface area contributed by atoms with Crippen molar-refractivity contribution in [1.82, 2.24) is 10.6 Å². The molecule has 13 heteroatoms. The van der Waals surface area contributed by atoms with Gasteiger partial charge in [0.2, 0.25) is 11.8 Å². The van der Waals surface area contributed by atoms with Crippen molar-refractivity contribution in [3.8, 4) is 0 Å². The van der Waals surface area contributed by atoms with Gasteiger partial charge >= 0.3 is 11.2 Å². The van der Waals surface area contributed by atoms with Gasteiger partial charge in [0, 0.05) is 29.8 Å². The van der Waals surface area contributed by atoms with E-state index in [4.69, 9.17) is 0 Å². The fraction of sp³-hybridized carbons (Fsp3) is 0.487. The van der Waals surface area contributed by atoms with Crippen molar-refractivity contribution in [2.75, 3.05) is 0 Å². The maximum Gasteiger partial charge on any atom is 0.396 e. The number of hydrogen-bond acceptors (Lipinski definition) is 5. The number of benzene rings is 3. The molecule has 2 amide bonds. The van der Waals surface area contributed by atoms with Crippen molar-refractivity contribution in [3.63, 3.8) is 0 Å². The quantitative estimate of drug-likeness (QED) is 0.123. The molecule has 3 fully saturated rings. The lowest BCUT2D eigenvalue weighted by atomic mass is 9.88. The number of halogens is 4. The zero-order valence-electron chi connectivity index (χ0n) is 28.9. The zero-order chi connectivity index (χ0) is 37.4. The number of rotatable bonds is 10. The first-order valence-electron chi connectivity index (χ1n) is 18.0. The van der Waals surface area contributed by atoms with Gasteiger partial charge in [0.05, 0.1) is 10.9 Å². The van der Waals surface area contributed by atoms with Gasteiger partial charge < -0.3 is 15.2 Å². The van der Waals surface area contributed by atoms with Crippen molar-refractivity contribution in [2.45, 2.75) is 115 Å². The van der Waals surface area contributed by atoms with E-state index in [1.165, 1.54) is 14.7 Å². The molecular formula is C39H46F4N2O5S2. The van der Waals surface area contributed by atoms with Crippen LogP contribution in [-0.4, -0.2) is 48.0 Å². The molecule has 1 unspecified atom stereocenters. The monoisotopic (exact) mass is 762 g/mol. The second-order valence-electron chi connectivity index (χ2n) is 13.9. The van der Waals surface area contributed by atoms with Crippen LogP contribution in [0, 0.1) is 17.8 Å². The number of carbonyl (C=O) groups excluding carboxylic acids is 2. The van der Waals surface area contributed by atoms with E-state index in [0.29, 0.717) is 12.8 Å². The van der Waals surface area contributed by atoms with Crippen molar-refractivity contribution in [1.29, 1.82) is 0 Å². The number of carbonyl (C=O) groups is 2. The Morgan fingerprint density at radius 1 is 0.615 bits per heavy atom. The molecule has 282 valence electrons. The highest BCUT2D eigenvalue weighted by Crippen LogP contribution is 2.53. The number of nitrogens with one attached hydrogen (secondary N) is 2. The predicted octanol–water partition coefficient (Wildman–Crippen LogP) is 8.08. The second kappa shape index (κ2) is 17.6. The summed E-state index contributed by atoms with van der Waals surface area (Å²) in [6.07, 6.45) is 6.90. The van der Waals surface area contributed by atoms with Crippen LogP contribution < -0.4 is 10.6 Å². The summed E-state index contributed by atoms with van der Waals surface area (Å²) in [6.45, 7) is 0. The molecule has 0 radical (unpaired) electrons. The summed E-state index contributed by atoms with van der Waals surface area (Å²) in [7, 11) is -6.71. The number of alkyl halides is 4. The summed E-state index contributed by atoms with van der Waals surface area (Å²) in [5.74, 6) is -12.1. The molecule has 52 heavy (non-hydrogen) atoms. The minimum atomic E-state index is -6.70. The van der Waals surface area contributed by atoms with Crippen molar-refractivity contribution in [3.05, 3.63) is 91.0 Å². The molecule has 0 aromatic heterocycles. The Labute approximate surface area is 306 Å². The summed E-state index contributed by atoms with van der Waals surface area (Å²) < 4.78 is 90.7. The molecule has 3 saturated carbocycles. The fourth-order valence-corrected chi connectivity index (χ4v) is 10.1. The van der Waals surface area contributed by atoms with Gasteiger partial charge in [0.1, 0.15) is 0 Å². The Morgan fingerprint density at radius 3 is 1.38 bits per heavy atom. The Kier molecular flexibility index (Phi) is 13.5. The zero-order valence-corrected chi connectivity index (χ0v) is 30.5. The van der Waals surface area contributed by atoms with Crippen LogP contribution in [0.4, 0.5) is 17.6 Å². The molecule has 3 aromatic rings. The average molecular weight is 763 g/mol. The van der Waals surface area contributed by atoms with Gasteiger partial charge in [0.15, 0.2) is 24.8 Å². The molecule has 0 spiro atoms. The molecule has 0 saturated heterocycles. The molecule has 3 aliphatic carbocycles. The van der Waals surface area contributed by atoms with E-state index < -0.39 is 63.7 Å². The average Bonchev–Trinajstić information content (AvgIpc) is 3.61. The molecular weight excluding hydrogens is 717 g/mol. The van der Waals surface area contributed by atoms with Gasteiger partial charge in [-0.05, 0) is 74.9 Å². The van der Waals surface area contributed by atoms with E-state index >= 15 is 0 Å². The highest BCUT2D eigenvalue weighted by molar-refractivity contribution is 7.97. The third-order valence-electron chi connectivity index (χ3n) is 10.3. The molecule has 7 nitrogen and oxygen atoms in total. The van der Waals surface area contributed by atoms with Crippen LogP contribution in [0.3, 0.4) is 0 Å². The molecule has 3 aliphatic rings. The Hall–Kier alpha value is -3.42. The first-order valence-corrected chi connectivity index (χ1v) is 20.6. The SMILES string of the molecule is O=C(NC1CCCCC1)[C@H]1CC(C(F)(F)C(F)(F)S(=O)(=O)[O-])[C@@H](C(=O)NC2CCCCC2)C1.c1ccc([S+](c2ccccc2)c2ccccc2)cc1. The third kappa shape index (κ3) is 9.57. The summed E-state index contributed by atoms with van der Waals surface area (Å²) in [5.41, 5.74) is 0.